The summed E-state index contributed by atoms with van der Waals surface area (Å²) in [7, 11) is 0. The summed E-state index contributed by atoms with van der Waals surface area (Å²) in [4.78, 5) is 4.98. The minimum absolute atomic E-state index is 0.644. The molecule has 0 amide bonds. The first kappa shape index (κ1) is 24.5. The zero-order valence-electron chi connectivity index (χ0n) is 24.3. The van der Waals surface area contributed by atoms with Crippen molar-refractivity contribution in [2.75, 3.05) is 0 Å². The zero-order chi connectivity index (χ0) is 29.5. The Morgan fingerprint density at radius 1 is 0.378 bits per heavy atom. The summed E-state index contributed by atoms with van der Waals surface area (Å²) in [6.45, 7) is 0. The van der Waals surface area contributed by atoms with Gasteiger partial charge in [-0.15, -0.1) is 0 Å². The lowest BCUT2D eigenvalue weighted by atomic mass is 9.85. The number of oxazole rings is 1. The van der Waals surface area contributed by atoms with Gasteiger partial charge in [-0.3, -0.25) is 0 Å². The van der Waals surface area contributed by atoms with Crippen LogP contribution in [0.2, 0.25) is 0 Å². The monoisotopic (exact) mass is 571 g/mol. The topological polar surface area (TPSA) is 26.0 Å². The summed E-state index contributed by atoms with van der Waals surface area (Å²) < 4.78 is 6.43. The van der Waals surface area contributed by atoms with E-state index in [9.17, 15) is 0 Å². The Morgan fingerprint density at radius 3 is 1.67 bits per heavy atom. The quantitative estimate of drug-likeness (QED) is 0.197. The van der Waals surface area contributed by atoms with E-state index in [1.807, 2.05) is 24.3 Å². The Hall–Kier alpha value is -5.99. The Morgan fingerprint density at radius 2 is 0.933 bits per heavy atom. The van der Waals surface area contributed by atoms with E-state index in [1.54, 1.807) is 0 Å². The molecule has 0 saturated heterocycles. The number of rotatable bonds is 3. The maximum Gasteiger partial charge on any atom is 0.227 e. The van der Waals surface area contributed by atoms with Crippen molar-refractivity contribution in [3.8, 4) is 33.7 Å². The number of para-hydroxylation sites is 2. The van der Waals surface area contributed by atoms with Gasteiger partial charge in [-0.2, -0.15) is 0 Å². The molecule has 1 heterocycles. The highest BCUT2D eigenvalue weighted by molar-refractivity contribution is 6.30. The Kier molecular flexibility index (Phi) is 5.03. The Bertz CT molecular complexity index is 2740. The minimum atomic E-state index is 0.644. The molecule has 9 aromatic carbocycles. The third kappa shape index (κ3) is 3.66. The molecule has 1 aromatic heterocycles. The van der Waals surface area contributed by atoms with Crippen molar-refractivity contribution in [1.29, 1.82) is 0 Å². The molecular weight excluding hydrogens is 546 g/mol. The van der Waals surface area contributed by atoms with Crippen LogP contribution in [0.5, 0.6) is 0 Å². The van der Waals surface area contributed by atoms with Crippen molar-refractivity contribution in [2.24, 2.45) is 0 Å². The minimum Gasteiger partial charge on any atom is -0.436 e. The van der Waals surface area contributed by atoms with E-state index in [0.29, 0.717) is 5.89 Å². The van der Waals surface area contributed by atoms with Crippen molar-refractivity contribution >= 4 is 65.0 Å². The maximum absolute atomic E-state index is 6.43. The number of hydrogen-bond acceptors (Lipinski definition) is 2. The number of hydrogen-bond donors (Lipinski definition) is 0. The van der Waals surface area contributed by atoms with Gasteiger partial charge in [0.1, 0.15) is 5.52 Å². The van der Waals surface area contributed by atoms with Crippen molar-refractivity contribution in [2.45, 2.75) is 0 Å². The smallest absolute Gasteiger partial charge is 0.227 e. The molecule has 0 aliphatic rings. The van der Waals surface area contributed by atoms with E-state index in [4.69, 9.17) is 9.40 Å². The summed E-state index contributed by atoms with van der Waals surface area (Å²) in [6, 6.07) is 54.6. The van der Waals surface area contributed by atoms with E-state index in [2.05, 4.69) is 127 Å². The zero-order valence-corrected chi connectivity index (χ0v) is 24.3. The molecule has 0 saturated carbocycles. The van der Waals surface area contributed by atoms with Crippen LogP contribution in [0.25, 0.3) is 98.7 Å². The highest BCUT2D eigenvalue weighted by atomic mass is 16.3. The van der Waals surface area contributed by atoms with Gasteiger partial charge in [0.15, 0.2) is 5.58 Å². The molecule has 2 heteroatoms. The van der Waals surface area contributed by atoms with Crippen LogP contribution in [0.3, 0.4) is 0 Å². The summed E-state index contributed by atoms with van der Waals surface area (Å²) in [5.41, 5.74) is 7.48. The predicted molar refractivity (Wildman–Crippen MR) is 189 cm³/mol. The van der Waals surface area contributed by atoms with Crippen LogP contribution >= 0.6 is 0 Å². The summed E-state index contributed by atoms with van der Waals surface area (Å²) in [5, 5.41) is 12.3. The third-order valence-electron chi connectivity index (χ3n) is 9.43. The first-order chi connectivity index (χ1) is 22.3. The van der Waals surface area contributed by atoms with E-state index >= 15 is 0 Å². The number of benzene rings is 9. The molecule has 2 nitrogen and oxygen atoms in total. The molecule has 0 N–H and O–H groups in total. The molecule has 0 atom stereocenters. The van der Waals surface area contributed by atoms with Crippen LogP contribution in [0, 0.1) is 0 Å². The van der Waals surface area contributed by atoms with E-state index in [1.165, 1.54) is 70.7 Å². The number of aromatic nitrogens is 1. The van der Waals surface area contributed by atoms with E-state index < -0.39 is 0 Å². The molecule has 0 spiro atoms. The normalized spacial score (nSPS) is 12.0. The van der Waals surface area contributed by atoms with Crippen LogP contribution in [-0.4, -0.2) is 4.98 Å². The molecule has 10 rings (SSSR count). The van der Waals surface area contributed by atoms with Crippen molar-refractivity contribution in [3.05, 3.63) is 152 Å². The van der Waals surface area contributed by atoms with Crippen LogP contribution in [0.4, 0.5) is 0 Å². The van der Waals surface area contributed by atoms with Gasteiger partial charge < -0.3 is 4.42 Å². The van der Waals surface area contributed by atoms with Gasteiger partial charge in [0.2, 0.25) is 5.89 Å². The van der Waals surface area contributed by atoms with Gasteiger partial charge in [0.25, 0.3) is 0 Å². The van der Waals surface area contributed by atoms with E-state index in [-0.39, 0.29) is 0 Å². The van der Waals surface area contributed by atoms with Gasteiger partial charge in [-0.1, -0.05) is 121 Å². The van der Waals surface area contributed by atoms with Crippen LogP contribution in [0.15, 0.2) is 156 Å². The lowest BCUT2D eigenvalue weighted by molar-refractivity contribution is 0.620. The molecule has 0 radical (unpaired) electrons. The lowest BCUT2D eigenvalue weighted by Gasteiger charge is -2.19. The van der Waals surface area contributed by atoms with Gasteiger partial charge in [-0.25, -0.2) is 4.98 Å². The van der Waals surface area contributed by atoms with Crippen molar-refractivity contribution < 1.29 is 4.42 Å². The standard InChI is InChI=1S/C43H25NO/c1-3-9-29-23-31(15-13-26(29)7-1)33-19-17-28-18-20-35-37(32-16-14-27-8-2-4-10-30(27)24-32)25-38(36-22-21-34(33)41(28)42(35)36)43-44-39-11-5-6-12-40(39)45-43/h1-25H. The van der Waals surface area contributed by atoms with Gasteiger partial charge in [0.05, 0.1) is 0 Å². The van der Waals surface area contributed by atoms with Gasteiger partial charge in [-0.05, 0) is 106 Å². The number of nitrogens with zero attached hydrogens (tertiary/aromatic N) is 1. The van der Waals surface area contributed by atoms with Gasteiger partial charge >= 0.3 is 0 Å². The summed E-state index contributed by atoms with van der Waals surface area (Å²) in [6.07, 6.45) is 0. The Labute approximate surface area is 259 Å². The second kappa shape index (κ2) is 9.25. The van der Waals surface area contributed by atoms with Crippen LogP contribution in [0.1, 0.15) is 0 Å². The molecular formula is C43H25NO. The SMILES string of the molecule is c1ccc2cc(-c3ccc4ccc5c(-c6ccc7ccccc7c6)cc(-c6nc7ccccc7o6)c6ccc3c4c56)ccc2c1. The molecule has 208 valence electrons. The first-order valence-electron chi connectivity index (χ1n) is 15.4. The molecule has 0 aliphatic carbocycles. The Balaban J connectivity index is 1.32. The first-order valence-corrected chi connectivity index (χ1v) is 15.4. The summed E-state index contributed by atoms with van der Waals surface area (Å²) >= 11 is 0. The fourth-order valence-corrected chi connectivity index (χ4v) is 7.27. The molecule has 0 aliphatic heterocycles. The second-order valence-corrected chi connectivity index (χ2v) is 11.9. The molecule has 0 bridgehead atoms. The average molecular weight is 572 g/mol. The molecule has 10 aromatic rings. The predicted octanol–water partition coefficient (Wildman–Crippen LogP) is 12.0. The van der Waals surface area contributed by atoms with Gasteiger partial charge in [0, 0.05) is 5.56 Å². The van der Waals surface area contributed by atoms with Crippen LogP contribution < -0.4 is 0 Å². The van der Waals surface area contributed by atoms with Crippen molar-refractivity contribution in [1.82, 2.24) is 4.98 Å². The second-order valence-electron chi connectivity index (χ2n) is 11.9. The largest absolute Gasteiger partial charge is 0.436 e. The lowest BCUT2D eigenvalue weighted by Crippen LogP contribution is -1.92. The third-order valence-corrected chi connectivity index (χ3v) is 9.43. The molecule has 45 heavy (non-hydrogen) atoms. The maximum atomic E-state index is 6.43. The molecule has 0 fully saturated rings. The highest BCUT2D eigenvalue weighted by Crippen LogP contribution is 2.46. The summed E-state index contributed by atoms with van der Waals surface area (Å²) in [5.74, 6) is 0.644. The van der Waals surface area contributed by atoms with E-state index in [0.717, 1.165) is 22.0 Å². The average Bonchev–Trinajstić information content (AvgIpc) is 3.54. The number of fused-ring (bicyclic) bond motifs is 3. The fourth-order valence-electron chi connectivity index (χ4n) is 7.27. The van der Waals surface area contributed by atoms with Crippen molar-refractivity contribution in [3.63, 3.8) is 0 Å². The highest BCUT2D eigenvalue weighted by Gasteiger charge is 2.21. The molecule has 0 unspecified atom stereocenters. The fraction of sp³-hybridized carbons (Fsp3) is 0. The van der Waals surface area contributed by atoms with Crippen LogP contribution in [-0.2, 0) is 0 Å².